The van der Waals surface area contributed by atoms with Crippen LogP contribution in [0.3, 0.4) is 0 Å². The zero-order valence-corrected chi connectivity index (χ0v) is 12.3. The number of benzene rings is 2. The summed E-state index contributed by atoms with van der Waals surface area (Å²) in [4.78, 5) is 0. The molecule has 0 aliphatic rings. The first kappa shape index (κ1) is 13.4. The lowest BCUT2D eigenvalue weighted by atomic mass is 10.1. The lowest BCUT2D eigenvalue weighted by Gasteiger charge is -2.11. The van der Waals surface area contributed by atoms with E-state index in [1.165, 1.54) is 3.57 Å². The number of rotatable bonds is 4. The molecule has 0 fully saturated rings. The molecule has 0 heterocycles. The van der Waals surface area contributed by atoms with Crippen LogP contribution in [0.15, 0.2) is 42.5 Å². The van der Waals surface area contributed by atoms with Crippen molar-refractivity contribution < 1.29 is 9.84 Å². The number of aryl methyl sites for hydroxylation is 1. The molecule has 0 radical (unpaired) electrons. The molecule has 2 rings (SSSR count). The van der Waals surface area contributed by atoms with Crippen molar-refractivity contribution in [3.63, 3.8) is 0 Å². The summed E-state index contributed by atoms with van der Waals surface area (Å²) >= 11 is 2.28. The summed E-state index contributed by atoms with van der Waals surface area (Å²) in [5.41, 5.74) is 3.08. The topological polar surface area (TPSA) is 29.5 Å². The number of halogens is 1. The first-order chi connectivity index (χ1) is 8.69. The second-order valence-electron chi connectivity index (χ2n) is 4.18. The first-order valence-corrected chi connectivity index (χ1v) is 6.84. The van der Waals surface area contributed by atoms with Crippen molar-refractivity contribution in [2.75, 3.05) is 0 Å². The van der Waals surface area contributed by atoms with Gasteiger partial charge in [0.25, 0.3) is 0 Å². The second-order valence-corrected chi connectivity index (χ2v) is 5.43. The van der Waals surface area contributed by atoms with E-state index in [-0.39, 0.29) is 6.61 Å². The van der Waals surface area contributed by atoms with E-state index in [2.05, 4.69) is 46.9 Å². The van der Waals surface area contributed by atoms with Crippen molar-refractivity contribution in [2.24, 2.45) is 0 Å². The highest BCUT2D eigenvalue weighted by Crippen LogP contribution is 2.21. The van der Waals surface area contributed by atoms with Crippen LogP contribution in [0.5, 0.6) is 5.75 Å². The van der Waals surface area contributed by atoms with Crippen LogP contribution in [0, 0.1) is 10.5 Å². The fourth-order valence-electron chi connectivity index (χ4n) is 1.71. The van der Waals surface area contributed by atoms with Crippen LogP contribution >= 0.6 is 22.6 Å². The number of aliphatic hydroxyl groups is 1. The summed E-state index contributed by atoms with van der Waals surface area (Å²) in [6.07, 6.45) is 0. The zero-order chi connectivity index (χ0) is 13.0. The highest BCUT2D eigenvalue weighted by molar-refractivity contribution is 14.1. The molecule has 2 nitrogen and oxygen atoms in total. The normalized spacial score (nSPS) is 10.4. The van der Waals surface area contributed by atoms with Gasteiger partial charge in [0.1, 0.15) is 12.4 Å². The molecule has 0 saturated carbocycles. The molecule has 0 spiro atoms. The van der Waals surface area contributed by atoms with Crippen LogP contribution in [0.2, 0.25) is 0 Å². The summed E-state index contributed by atoms with van der Waals surface area (Å²) in [5, 5.41) is 9.30. The Morgan fingerprint density at radius 3 is 2.50 bits per heavy atom. The van der Waals surface area contributed by atoms with E-state index in [4.69, 9.17) is 4.74 Å². The van der Waals surface area contributed by atoms with Crippen LogP contribution in [-0.2, 0) is 13.2 Å². The molecular formula is C15H15IO2. The summed E-state index contributed by atoms with van der Waals surface area (Å²) < 4.78 is 6.96. The molecule has 3 heteroatoms. The van der Waals surface area contributed by atoms with E-state index in [0.717, 1.165) is 22.4 Å². The predicted octanol–water partition coefficient (Wildman–Crippen LogP) is 3.67. The largest absolute Gasteiger partial charge is 0.489 e. The van der Waals surface area contributed by atoms with Gasteiger partial charge in [0, 0.05) is 9.13 Å². The predicted molar refractivity (Wildman–Crippen MR) is 80.6 cm³/mol. The molecule has 2 aromatic carbocycles. The number of hydrogen-bond donors (Lipinski definition) is 1. The lowest BCUT2D eigenvalue weighted by molar-refractivity contribution is 0.259. The molecule has 94 valence electrons. The second kappa shape index (κ2) is 6.20. The summed E-state index contributed by atoms with van der Waals surface area (Å²) in [6, 6.07) is 14.1. The van der Waals surface area contributed by atoms with E-state index in [1.807, 2.05) is 25.1 Å². The first-order valence-electron chi connectivity index (χ1n) is 5.76. The van der Waals surface area contributed by atoms with Gasteiger partial charge >= 0.3 is 0 Å². The Hall–Kier alpha value is -1.07. The Kier molecular flexibility index (Phi) is 4.60. The average Bonchev–Trinajstić information content (AvgIpc) is 2.39. The average molecular weight is 354 g/mol. The van der Waals surface area contributed by atoms with Gasteiger partial charge < -0.3 is 9.84 Å². The van der Waals surface area contributed by atoms with E-state index in [0.29, 0.717) is 6.61 Å². The Bertz CT molecular complexity index is 521. The van der Waals surface area contributed by atoms with Gasteiger partial charge in [-0.3, -0.25) is 0 Å². The highest BCUT2D eigenvalue weighted by Gasteiger charge is 2.03. The highest BCUT2D eigenvalue weighted by atomic mass is 127. The molecule has 0 unspecified atom stereocenters. The fourth-order valence-corrected chi connectivity index (χ4v) is 2.07. The van der Waals surface area contributed by atoms with Crippen LogP contribution in [-0.4, -0.2) is 5.11 Å². The molecule has 0 aliphatic heterocycles. The summed E-state index contributed by atoms with van der Waals surface area (Å²) in [7, 11) is 0. The Morgan fingerprint density at radius 1 is 1.11 bits per heavy atom. The van der Waals surface area contributed by atoms with E-state index in [9.17, 15) is 5.11 Å². The van der Waals surface area contributed by atoms with Crippen molar-refractivity contribution >= 4 is 22.6 Å². The summed E-state index contributed by atoms with van der Waals surface area (Å²) in [6.45, 7) is 2.53. The molecule has 0 saturated heterocycles. The Labute approximate surface area is 121 Å². The SMILES string of the molecule is Cc1ccc(OCc2ccc(I)cc2)c(CO)c1. The molecule has 0 aliphatic carbocycles. The number of hydrogen-bond acceptors (Lipinski definition) is 2. The van der Waals surface area contributed by atoms with Gasteiger partial charge in [-0.25, -0.2) is 0 Å². The maximum atomic E-state index is 9.30. The quantitative estimate of drug-likeness (QED) is 0.849. The molecule has 18 heavy (non-hydrogen) atoms. The minimum atomic E-state index is 0.00367. The van der Waals surface area contributed by atoms with Gasteiger partial charge in [-0.1, -0.05) is 29.8 Å². The van der Waals surface area contributed by atoms with Crippen molar-refractivity contribution in [3.8, 4) is 5.75 Å². The Morgan fingerprint density at radius 2 is 1.83 bits per heavy atom. The van der Waals surface area contributed by atoms with Gasteiger partial charge in [0.05, 0.1) is 6.61 Å². The lowest BCUT2D eigenvalue weighted by Crippen LogP contribution is -1.99. The minimum Gasteiger partial charge on any atom is -0.489 e. The van der Waals surface area contributed by atoms with E-state index in [1.54, 1.807) is 0 Å². The van der Waals surface area contributed by atoms with Crippen molar-refractivity contribution in [1.29, 1.82) is 0 Å². The maximum Gasteiger partial charge on any atom is 0.125 e. The molecule has 0 atom stereocenters. The van der Waals surface area contributed by atoms with Gasteiger partial charge in [0.15, 0.2) is 0 Å². The van der Waals surface area contributed by atoms with Crippen molar-refractivity contribution in [2.45, 2.75) is 20.1 Å². The maximum absolute atomic E-state index is 9.30. The van der Waals surface area contributed by atoms with Gasteiger partial charge in [-0.05, 0) is 53.3 Å². The van der Waals surface area contributed by atoms with Crippen LogP contribution in [0.1, 0.15) is 16.7 Å². The van der Waals surface area contributed by atoms with Crippen LogP contribution in [0.4, 0.5) is 0 Å². The molecule has 1 N–H and O–H groups in total. The van der Waals surface area contributed by atoms with E-state index < -0.39 is 0 Å². The van der Waals surface area contributed by atoms with Crippen molar-refractivity contribution in [1.82, 2.24) is 0 Å². The third-order valence-corrected chi connectivity index (χ3v) is 3.41. The minimum absolute atomic E-state index is 0.00367. The van der Waals surface area contributed by atoms with Crippen molar-refractivity contribution in [3.05, 3.63) is 62.7 Å². The Balaban J connectivity index is 2.08. The van der Waals surface area contributed by atoms with Gasteiger partial charge in [-0.15, -0.1) is 0 Å². The molecular weight excluding hydrogens is 339 g/mol. The van der Waals surface area contributed by atoms with Gasteiger partial charge in [0.2, 0.25) is 0 Å². The number of aliphatic hydroxyl groups excluding tert-OH is 1. The monoisotopic (exact) mass is 354 g/mol. The summed E-state index contributed by atoms with van der Waals surface area (Å²) in [5.74, 6) is 0.752. The third-order valence-electron chi connectivity index (χ3n) is 2.69. The molecule has 0 amide bonds. The number of ether oxygens (including phenoxy) is 1. The molecule has 0 bridgehead atoms. The standard InChI is InChI=1S/C15H15IO2/c1-11-2-7-15(13(8-11)9-17)18-10-12-3-5-14(16)6-4-12/h2-8,17H,9-10H2,1H3. The van der Waals surface area contributed by atoms with Gasteiger partial charge in [-0.2, -0.15) is 0 Å². The zero-order valence-electron chi connectivity index (χ0n) is 10.2. The molecule has 0 aromatic heterocycles. The fraction of sp³-hybridized carbons (Fsp3) is 0.200. The van der Waals surface area contributed by atoms with E-state index >= 15 is 0 Å². The smallest absolute Gasteiger partial charge is 0.125 e. The molecule has 2 aromatic rings. The van der Waals surface area contributed by atoms with Crippen LogP contribution < -0.4 is 4.74 Å². The third kappa shape index (κ3) is 3.46. The van der Waals surface area contributed by atoms with Crippen LogP contribution in [0.25, 0.3) is 0 Å².